The van der Waals surface area contributed by atoms with Crippen molar-refractivity contribution in [2.45, 2.75) is 13.8 Å². The molecular formula is C13H15BrF2N2O2. The first kappa shape index (κ1) is 16.6. The minimum atomic E-state index is -0.866. The number of nitrogens with zero attached hydrogens (tertiary/aromatic N) is 1. The highest BCUT2D eigenvalue weighted by Gasteiger charge is 2.23. The number of benzene rings is 1. The Labute approximate surface area is 124 Å². The van der Waals surface area contributed by atoms with E-state index in [1.165, 1.54) is 0 Å². The molecule has 0 atom stereocenters. The number of primary amides is 1. The Morgan fingerprint density at radius 2 is 1.95 bits per heavy atom. The Kier molecular flexibility index (Phi) is 5.62. The quantitative estimate of drug-likeness (QED) is 0.830. The lowest BCUT2D eigenvalue weighted by atomic mass is 10.1. The number of halogens is 3. The highest BCUT2D eigenvalue weighted by atomic mass is 79.9. The lowest BCUT2D eigenvalue weighted by Crippen LogP contribution is -2.41. The Bertz CT molecular complexity index is 535. The van der Waals surface area contributed by atoms with E-state index >= 15 is 0 Å². The van der Waals surface area contributed by atoms with Crippen LogP contribution in [0, 0.1) is 17.6 Å². The molecule has 20 heavy (non-hydrogen) atoms. The molecule has 1 aromatic rings. The van der Waals surface area contributed by atoms with Crippen molar-refractivity contribution in [3.8, 4) is 0 Å². The molecule has 7 heteroatoms. The molecule has 0 radical (unpaired) electrons. The van der Waals surface area contributed by atoms with E-state index in [4.69, 9.17) is 5.73 Å². The van der Waals surface area contributed by atoms with Gasteiger partial charge in [0.1, 0.15) is 11.6 Å². The van der Waals surface area contributed by atoms with Crippen molar-refractivity contribution in [2.75, 3.05) is 13.1 Å². The minimum Gasteiger partial charge on any atom is -0.368 e. The average Bonchev–Trinajstić information content (AvgIpc) is 2.30. The lowest BCUT2D eigenvalue weighted by Gasteiger charge is -2.23. The smallest absolute Gasteiger partial charge is 0.257 e. The molecule has 0 spiro atoms. The Morgan fingerprint density at radius 3 is 2.45 bits per heavy atom. The van der Waals surface area contributed by atoms with Crippen LogP contribution in [0.5, 0.6) is 0 Å². The van der Waals surface area contributed by atoms with Gasteiger partial charge in [-0.3, -0.25) is 9.59 Å². The van der Waals surface area contributed by atoms with Gasteiger partial charge < -0.3 is 10.6 Å². The van der Waals surface area contributed by atoms with Gasteiger partial charge >= 0.3 is 0 Å². The van der Waals surface area contributed by atoms with Crippen LogP contribution in [-0.4, -0.2) is 29.8 Å². The summed E-state index contributed by atoms with van der Waals surface area (Å²) in [5.41, 5.74) is 4.64. The molecule has 1 aromatic carbocycles. The van der Waals surface area contributed by atoms with Gasteiger partial charge in [-0.25, -0.2) is 8.78 Å². The van der Waals surface area contributed by atoms with Crippen LogP contribution >= 0.6 is 15.9 Å². The summed E-state index contributed by atoms with van der Waals surface area (Å²) < 4.78 is 27.0. The molecule has 0 aliphatic heterocycles. The maximum absolute atomic E-state index is 13.9. The summed E-state index contributed by atoms with van der Waals surface area (Å²) in [4.78, 5) is 24.3. The second-order valence-corrected chi connectivity index (χ2v) is 5.65. The van der Waals surface area contributed by atoms with Crippen LogP contribution < -0.4 is 5.73 Å². The maximum atomic E-state index is 13.9. The lowest BCUT2D eigenvalue weighted by molar-refractivity contribution is -0.118. The van der Waals surface area contributed by atoms with Gasteiger partial charge in [0.2, 0.25) is 5.91 Å². The molecule has 0 fully saturated rings. The number of carbonyl (C=O) groups is 2. The monoisotopic (exact) mass is 348 g/mol. The van der Waals surface area contributed by atoms with Crippen LogP contribution in [0.2, 0.25) is 0 Å². The van der Waals surface area contributed by atoms with E-state index in [-0.39, 0.29) is 23.5 Å². The predicted molar refractivity (Wildman–Crippen MR) is 74.0 cm³/mol. The van der Waals surface area contributed by atoms with E-state index in [2.05, 4.69) is 15.9 Å². The largest absolute Gasteiger partial charge is 0.368 e. The number of carbonyl (C=O) groups excluding carboxylic acids is 2. The third kappa shape index (κ3) is 4.26. The molecule has 110 valence electrons. The van der Waals surface area contributed by atoms with Crippen LogP contribution in [-0.2, 0) is 4.79 Å². The van der Waals surface area contributed by atoms with Gasteiger partial charge in [0.25, 0.3) is 5.91 Å². The van der Waals surface area contributed by atoms with Crippen LogP contribution in [0.15, 0.2) is 16.6 Å². The molecule has 0 saturated heterocycles. The third-order valence-corrected chi connectivity index (χ3v) is 3.02. The van der Waals surface area contributed by atoms with Crippen LogP contribution in [0.1, 0.15) is 24.2 Å². The molecule has 0 aliphatic rings. The highest BCUT2D eigenvalue weighted by Crippen LogP contribution is 2.22. The molecule has 1 rings (SSSR count). The summed E-state index contributed by atoms with van der Waals surface area (Å²) in [6.45, 7) is 3.54. The number of rotatable bonds is 5. The predicted octanol–water partition coefficient (Wildman–Crippen LogP) is 2.31. The van der Waals surface area contributed by atoms with Crippen molar-refractivity contribution in [1.29, 1.82) is 0 Å². The normalized spacial score (nSPS) is 10.7. The molecule has 0 aliphatic carbocycles. The molecule has 0 heterocycles. The van der Waals surface area contributed by atoms with E-state index in [9.17, 15) is 18.4 Å². The summed E-state index contributed by atoms with van der Waals surface area (Å²) in [5.74, 6) is -3.04. The van der Waals surface area contributed by atoms with Crippen molar-refractivity contribution in [1.82, 2.24) is 4.90 Å². The molecule has 4 nitrogen and oxygen atoms in total. The summed E-state index contributed by atoms with van der Waals surface area (Å²) in [7, 11) is 0. The Balaban J connectivity index is 3.14. The second-order valence-electron chi connectivity index (χ2n) is 4.79. The average molecular weight is 349 g/mol. The Morgan fingerprint density at radius 1 is 1.35 bits per heavy atom. The van der Waals surface area contributed by atoms with Gasteiger partial charge in [0, 0.05) is 6.54 Å². The molecule has 0 unspecified atom stereocenters. The topological polar surface area (TPSA) is 63.4 Å². The Hall–Kier alpha value is -1.50. The zero-order valence-electron chi connectivity index (χ0n) is 11.1. The van der Waals surface area contributed by atoms with Gasteiger partial charge in [0.15, 0.2) is 0 Å². The van der Waals surface area contributed by atoms with E-state index in [1.54, 1.807) is 0 Å². The van der Waals surface area contributed by atoms with Gasteiger partial charge in [-0.15, -0.1) is 0 Å². The molecule has 0 aromatic heterocycles. The van der Waals surface area contributed by atoms with Gasteiger partial charge in [-0.2, -0.15) is 0 Å². The number of hydrogen-bond donors (Lipinski definition) is 1. The zero-order valence-corrected chi connectivity index (χ0v) is 12.7. The van der Waals surface area contributed by atoms with Crippen LogP contribution in [0.25, 0.3) is 0 Å². The third-order valence-electron chi connectivity index (χ3n) is 2.44. The SMILES string of the molecule is CC(C)CN(CC(N)=O)C(=O)c1cc(F)cc(Br)c1F. The minimum absolute atomic E-state index is 0.0540. The first-order valence-corrected chi connectivity index (χ1v) is 6.73. The molecule has 0 saturated carbocycles. The van der Waals surface area contributed by atoms with Crippen molar-refractivity contribution in [3.63, 3.8) is 0 Å². The highest BCUT2D eigenvalue weighted by molar-refractivity contribution is 9.10. The van der Waals surface area contributed by atoms with Crippen molar-refractivity contribution in [3.05, 3.63) is 33.8 Å². The molecule has 2 amide bonds. The summed E-state index contributed by atoms with van der Waals surface area (Å²) in [6, 6.07) is 1.73. The van der Waals surface area contributed by atoms with Gasteiger partial charge in [0.05, 0.1) is 16.6 Å². The van der Waals surface area contributed by atoms with Crippen molar-refractivity contribution in [2.24, 2.45) is 11.7 Å². The zero-order chi connectivity index (χ0) is 15.4. The van der Waals surface area contributed by atoms with E-state index in [0.29, 0.717) is 0 Å². The van der Waals surface area contributed by atoms with Gasteiger partial charge in [-0.1, -0.05) is 13.8 Å². The summed E-state index contributed by atoms with van der Waals surface area (Å²) >= 11 is 2.84. The van der Waals surface area contributed by atoms with Gasteiger partial charge in [-0.05, 0) is 34.0 Å². The molecule has 0 bridgehead atoms. The summed E-state index contributed by atoms with van der Waals surface area (Å²) in [5, 5.41) is 0. The summed E-state index contributed by atoms with van der Waals surface area (Å²) in [6.07, 6.45) is 0. The molecular weight excluding hydrogens is 334 g/mol. The number of nitrogens with two attached hydrogens (primary N) is 1. The fourth-order valence-electron chi connectivity index (χ4n) is 1.73. The van der Waals surface area contributed by atoms with E-state index < -0.39 is 29.0 Å². The van der Waals surface area contributed by atoms with Crippen LogP contribution in [0.3, 0.4) is 0 Å². The first-order valence-electron chi connectivity index (χ1n) is 5.94. The van der Waals surface area contributed by atoms with Crippen LogP contribution in [0.4, 0.5) is 8.78 Å². The second kappa shape index (κ2) is 6.78. The maximum Gasteiger partial charge on any atom is 0.257 e. The fourth-order valence-corrected chi connectivity index (χ4v) is 2.16. The fraction of sp³-hybridized carbons (Fsp3) is 0.385. The molecule has 2 N–H and O–H groups in total. The van der Waals surface area contributed by atoms with Crippen molar-refractivity contribution >= 4 is 27.7 Å². The van der Waals surface area contributed by atoms with E-state index in [1.807, 2.05) is 13.8 Å². The van der Waals surface area contributed by atoms with Crippen molar-refractivity contribution < 1.29 is 18.4 Å². The standard InChI is InChI=1S/C13H15BrF2N2O2/c1-7(2)5-18(6-11(17)19)13(20)9-3-8(15)4-10(14)12(9)16/h3-4,7H,5-6H2,1-2H3,(H2,17,19). The first-order chi connectivity index (χ1) is 9.22. The number of hydrogen-bond acceptors (Lipinski definition) is 2. The van der Waals surface area contributed by atoms with E-state index in [0.717, 1.165) is 17.0 Å². The number of amides is 2.